The van der Waals surface area contributed by atoms with E-state index >= 15 is 0 Å². The number of rotatable bonds is 6. The Morgan fingerprint density at radius 3 is 2.91 bits per heavy atom. The molecule has 2 aromatic rings. The number of anilines is 1. The molecule has 0 saturated carbocycles. The maximum absolute atomic E-state index is 14.1. The van der Waals surface area contributed by atoms with Crippen LogP contribution in [0.1, 0.15) is 17.7 Å². The number of hydrogen-bond donors (Lipinski definition) is 1. The van der Waals surface area contributed by atoms with E-state index in [0.29, 0.717) is 35.0 Å². The summed E-state index contributed by atoms with van der Waals surface area (Å²) >= 11 is 7.18. The van der Waals surface area contributed by atoms with Crippen molar-refractivity contribution in [1.29, 1.82) is 0 Å². The molecule has 1 fully saturated rings. The highest BCUT2D eigenvalue weighted by Gasteiger charge is 2.15. The lowest BCUT2D eigenvalue weighted by molar-refractivity contribution is 0.0492. The molecule has 1 aromatic heterocycles. The number of nitrogens with zero attached hydrogens (tertiary/aromatic N) is 1. The molecule has 1 aliphatic rings. The van der Waals surface area contributed by atoms with Crippen LogP contribution in [0.15, 0.2) is 24.4 Å². The predicted octanol–water partition coefficient (Wildman–Crippen LogP) is 4.35. The maximum atomic E-state index is 14.1. The molecule has 1 aromatic carbocycles. The van der Waals surface area contributed by atoms with Gasteiger partial charge in [-0.2, -0.15) is 0 Å². The van der Waals surface area contributed by atoms with E-state index in [1.165, 1.54) is 17.4 Å². The van der Waals surface area contributed by atoms with Gasteiger partial charge in [0, 0.05) is 36.0 Å². The topological polar surface area (TPSA) is 43.4 Å². The summed E-state index contributed by atoms with van der Waals surface area (Å²) in [7, 11) is 0. The smallest absolute Gasteiger partial charge is 0.183 e. The molecule has 124 valence electrons. The van der Waals surface area contributed by atoms with Crippen LogP contribution >= 0.6 is 22.9 Å². The van der Waals surface area contributed by atoms with Crippen molar-refractivity contribution >= 4 is 28.6 Å². The number of thiazole rings is 1. The van der Waals surface area contributed by atoms with Gasteiger partial charge < -0.3 is 14.8 Å². The molecule has 0 unspecified atom stereocenters. The van der Waals surface area contributed by atoms with E-state index in [0.717, 1.165) is 30.9 Å². The average molecular weight is 357 g/mol. The molecule has 0 spiro atoms. The van der Waals surface area contributed by atoms with Gasteiger partial charge in [-0.3, -0.25) is 0 Å². The van der Waals surface area contributed by atoms with Gasteiger partial charge in [-0.1, -0.05) is 11.6 Å². The highest BCUT2D eigenvalue weighted by molar-refractivity contribution is 7.15. The van der Waals surface area contributed by atoms with Crippen LogP contribution in [0.4, 0.5) is 10.1 Å². The Labute approximate surface area is 143 Å². The molecule has 4 nitrogen and oxygen atoms in total. The zero-order chi connectivity index (χ0) is 16.1. The third-order valence-corrected chi connectivity index (χ3v) is 4.85. The molecule has 23 heavy (non-hydrogen) atoms. The molecule has 2 heterocycles. The highest BCUT2D eigenvalue weighted by atomic mass is 35.5. The molecule has 1 N–H and O–H groups in total. The van der Waals surface area contributed by atoms with Crippen molar-refractivity contribution in [3.05, 3.63) is 39.6 Å². The minimum Gasteiger partial charge on any atom is -0.490 e. The molecule has 7 heteroatoms. The molecule has 0 aliphatic carbocycles. The van der Waals surface area contributed by atoms with Crippen LogP contribution in [0.3, 0.4) is 0 Å². The Hall–Kier alpha value is -1.37. The minimum atomic E-state index is -0.357. The van der Waals surface area contributed by atoms with Crippen molar-refractivity contribution in [3.8, 4) is 5.75 Å². The first-order valence-corrected chi connectivity index (χ1v) is 8.74. The van der Waals surface area contributed by atoms with Gasteiger partial charge in [0.2, 0.25) is 0 Å². The molecule has 1 saturated heterocycles. The van der Waals surface area contributed by atoms with Crippen LogP contribution in [0.5, 0.6) is 5.75 Å². The van der Waals surface area contributed by atoms with E-state index in [2.05, 4.69) is 10.3 Å². The summed E-state index contributed by atoms with van der Waals surface area (Å²) in [6.07, 6.45) is 3.65. The lowest BCUT2D eigenvalue weighted by Crippen LogP contribution is -2.21. The zero-order valence-corrected chi connectivity index (χ0v) is 14.1. The molecule has 0 radical (unpaired) electrons. The summed E-state index contributed by atoms with van der Waals surface area (Å²) in [6, 6.07) is 4.92. The van der Waals surface area contributed by atoms with Crippen molar-refractivity contribution in [2.75, 3.05) is 25.1 Å². The zero-order valence-electron chi connectivity index (χ0n) is 12.6. The van der Waals surface area contributed by atoms with Crippen LogP contribution in [0, 0.1) is 11.7 Å². The van der Waals surface area contributed by atoms with Gasteiger partial charge in [0.25, 0.3) is 0 Å². The van der Waals surface area contributed by atoms with Gasteiger partial charge in [0.05, 0.1) is 13.2 Å². The van der Waals surface area contributed by atoms with Crippen molar-refractivity contribution in [2.24, 2.45) is 5.92 Å². The van der Waals surface area contributed by atoms with Crippen LogP contribution in [-0.2, 0) is 11.3 Å². The van der Waals surface area contributed by atoms with Gasteiger partial charge in [-0.15, -0.1) is 11.3 Å². The van der Waals surface area contributed by atoms with Crippen molar-refractivity contribution < 1.29 is 13.9 Å². The second-order valence-corrected chi connectivity index (χ2v) is 7.14. The first-order valence-electron chi connectivity index (χ1n) is 7.55. The van der Waals surface area contributed by atoms with E-state index in [1.54, 1.807) is 12.3 Å². The van der Waals surface area contributed by atoms with E-state index < -0.39 is 0 Å². The van der Waals surface area contributed by atoms with E-state index in [9.17, 15) is 4.39 Å². The van der Waals surface area contributed by atoms with Gasteiger partial charge in [0.15, 0.2) is 16.0 Å². The van der Waals surface area contributed by atoms with Crippen molar-refractivity contribution in [3.63, 3.8) is 0 Å². The number of nitrogens with one attached hydrogen (secondary N) is 1. The largest absolute Gasteiger partial charge is 0.490 e. The van der Waals surface area contributed by atoms with Gasteiger partial charge in [0.1, 0.15) is 0 Å². The maximum Gasteiger partial charge on any atom is 0.183 e. The standard InChI is InChI=1S/C16H18ClFN2O2S/c17-16-20-9-13(23-16)8-19-12-1-2-15(14(18)7-12)22-10-11-3-5-21-6-4-11/h1-2,7,9,11,19H,3-6,8,10H2. The van der Waals surface area contributed by atoms with E-state index in [-0.39, 0.29) is 5.82 Å². The molecule has 0 amide bonds. The minimum absolute atomic E-state index is 0.294. The summed E-state index contributed by atoms with van der Waals surface area (Å²) in [5.74, 6) is 0.379. The third kappa shape index (κ3) is 4.80. The molecule has 0 bridgehead atoms. The summed E-state index contributed by atoms with van der Waals surface area (Å²) in [4.78, 5) is 4.97. The van der Waals surface area contributed by atoms with Crippen LogP contribution in [0.25, 0.3) is 0 Å². The monoisotopic (exact) mass is 356 g/mol. The Kier molecular flexibility index (Phi) is 5.70. The van der Waals surface area contributed by atoms with E-state index in [4.69, 9.17) is 21.1 Å². The third-order valence-electron chi connectivity index (χ3n) is 3.74. The SMILES string of the molecule is Fc1cc(NCc2cnc(Cl)s2)ccc1OCC1CCOCC1. The molecular formula is C16H18ClFN2O2S. The molecule has 3 rings (SSSR count). The van der Waals surface area contributed by atoms with Crippen LogP contribution in [-0.4, -0.2) is 24.8 Å². The number of benzene rings is 1. The lowest BCUT2D eigenvalue weighted by atomic mass is 10.0. The molecule has 0 atom stereocenters. The van der Waals surface area contributed by atoms with Gasteiger partial charge in [-0.05, 0) is 30.9 Å². The Bertz CT molecular complexity index is 647. The average Bonchev–Trinajstić information content (AvgIpc) is 2.98. The Balaban J connectivity index is 1.52. The predicted molar refractivity (Wildman–Crippen MR) is 89.9 cm³/mol. The van der Waals surface area contributed by atoms with Gasteiger partial charge >= 0.3 is 0 Å². The van der Waals surface area contributed by atoms with E-state index in [1.807, 2.05) is 6.07 Å². The fraction of sp³-hybridized carbons (Fsp3) is 0.438. The second kappa shape index (κ2) is 7.95. The summed E-state index contributed by atoms with van der Waals surface area (Å²) in [5.41, 5.74) is 0.699. The van der Waals surface area contributed by atoms with Crippen molar-refractivity contribution in [1.82, 2.24) is 4.98 Å². The normalized spacial score (nSPS) is 15.6. The fourth-order valence-electron chi connectivity index (χ4n) is 2.40. The first kappa shape index (κ1) is 16.5. The fourth-order valence-corrected chi connectivity index (χ4v) is 3.32. The Morgan fingerprint density at radius 2 is 2.22 bits per heavy atom. The molecular weight excluding hydrogens is 339 g/mol. The lowest BCUT2D eigenvalue weighted by Gasteiger charge is -2.22. The van der Waals surface area contributed by atoms with Crippen LogP contribution in [0.2, 0.25) is 4.47 Å². The number of hydrogen-bond acceptors (Lipinski definition) is 5. The number of aromatic nitrogens is 1. The first-order chi connectivity index (χ1) is 11.2. The number of halogens is 2. The number of ether oxygens (including phenoxy) is 2. The van der Waals surface area contributed by atoms with Gasteiger partial charge in [-0.25, -0.2) is 9.37 Å². The summed E-state index contributed by atoms with van der Waals surface area (Å²) < 4.78 is 25.5. The second-order valence-electron chi connectivity index (χ2n) is 5.45. The quantitative estimate of drug-likeness (QED) is 0.835. The summed E-state index contributed by atoms with van der Waals surface area (Å²) in [5, 5.41) is 3.15. The highest BCUT2D eigenvalue weighted by Crippen LogP contribution is 2.24. The Morgan fingerprint density at radius 1 is 1.39 bits per heavy atom. The van der Waals surface area contributed by atoms with Crippen molar-refractivity contribution in [2.45, 2.75) is 19.4 Å². The summed E-state index contributed by atoms with van der Waals surface area (Å²) in [6.45, 7) is 2.63. The molecule has 1 aliphatic heterocycles. The van der Waals surface area contributed by atoms with Crippen LogP contribution < -0.4 is 10.1 Å².